The second kappa shape index (κ2) is 5.08. The smallest absolute Gasteiger partial charge is 0.0572 e. The third kappa shape index (κ3) is 4.17. The van der Waals surface area contributed by atoms with Gasteiger partial charge in [-0.2, -0.15) is 0 Å². The Morgan fingerprint density at radius 3 is 2.40 bits per heavy atom. The van der Waals surface area contributed by atoms with E-state index in [2.05, 4.69) is 11.8 Å². The second-order valence-corrected chi connectivity index (χ2v) is 2.35. The van der Waals surface area contributed by atoms with Crippen LogP contribution in [0.1, 0.15) is 20.8 Å². The van der Waals surface area contributed by atoms with E-state index in [9.17, 15) is 0 Å². The third-order valence-electron chi connectivity index (χ3n) is 1.39. The van der Waals surface area contributed by atoms with Gasteiger partial charge in [-0.3, -0.25) is 0 Å². The average molecular weight is 138 g/mol. The molecule has 0 radical (unpaired) electrons. The maximum absolute atomic E-state index is 9.02. The van der Waals surface area contributed by atoms with Gasteiger partial charge in [0.25, 0.3) is 0 Å². The van der Waals surface area contributed by atoms with Crippen LogP contribution in [0.2, 0.25) is 0 Å². The van der Waals surface area contributed by atoms with Gasteiger partial charge in [0.05, 0.1) is 6.10 Å². The zero-order valence-corrected chi connectivity index (χ0v) is 6.76. The van der Waals surface area contributed by atoms with Crippen molar-refractivity contribution in [3.8, 4) is 11.8 Å². The Labute approximate surface area is 62.8 Å². The average Bonchev–Trinajstić information content (AvgIpc) is 1.88. The first-order chi connectivity index (χ1) is 4.68. The Balaban J connectivity index is 3.73. The molecule has 0 saturated carbocycles. The summed E-state index contributed by atoms with van der Waals surface area (Å²) in [5.41, 5.74) is 0. The quantitative estimate of drug-likeness (QED) is 0.574. The number of rotatable bonds is 2. The van der Waals surface area contributed by atoms with Crippen molar-refractivity contribution in [1.82, 2.24) is 0 Å². The van der Waals surface area contributed by atoms with Gasteiger partial charge in [0.15, 0.2) is 0 Å². The molecule has 0 amide bonds. The van der Waals surface area contributed by atoms with E-state index in [1.54, 1.807) is 19.9 Å². The fourth-order valence-corrected chi connectivity index (χ4v) is 0.444. The summed E-state index contributed by atoms with van der Waals surface area (Å²) >= 11 is 0. The molecule has 1 heteroatoms. The van der Waals surface area contributed by atoms with Crippen molar-refractivity contribution in [3.05, 3.63) is 12.2 Å². The maximum atomic E-state index is 9.02. The highest BCUT2D eigenvalue weighted by Crippen LogP contribution is 2.02. The lowest BCUT2D eigenvalue weighted by molar-refractivity contribution is 0.157. The van der Waals surface area contributed by atoms with Crippen molar-refractivity contribution in [2.45, 2.75) is 26.9 Å². The first-order valence-corrected chi connectivity index (χ1v) is 3.45. The molecule has 0 aromatic rings. The lowest BCUT2D eigenvalue weighted by Gasteiger charge is -2.07. The van der Waals surface area contributed by atoms with Crippen LogP contribution in [-0.4, -0.2) is 11.2 Å². The van der Waals surface area contributed by atoms with Gasteiger partial charge in [0.1, 0.15) is 0 Å². The van der Waals surface area contributed by atoms with Crippen molar-refractivity contribution >= 4 is 0 Å². The molecule has 0 rings (SSSR count). The normalized spacial score (nSPS) is 16.0. The van der Waals surface area contributed by atoms with Gasteiger partial charge in [0, 0.05) is 5.92 Å². The minimum absolute atomic E-state index is 0.195. The molecule has 0 aliphatic rings. The van der Waals surface area contributed by atoms with E-state index in [1.165, 1.54) is 0 Å². The van der Waals surface area contributed by atoms with E-state index >= 15 is 0 Å². The van der Waals surface area contributed by atoms with Gasteiger partial charge in [-0.15, -0.1) is 5.92 Å². The summed E-state index contributed by atoms with van der Waals surface area (Å²) < 4.78 is 0. The van der Waals surface area contributed by atoms with Crippen LogP contribution in [0.4, 0.5) is 0 Å². The molecule has 10 heavy (non-hydrogen) atoms. The number of aliphatic hydroxyl groups excluding tert-OH is 1. The third-order valence-corrected chi connectivity index (χ3v) is 1.39. The first kappa shape index (κ1) is 9.26. The summed E-state index contributed by atoms with van der Waals surface area (Å²) in [5, 5.41) is 9.02. The van der Waals surface area contributed by atoms with E-state index in [0.717, 1.165) is 0 Å². The van der Waals surface area contributed by atoms with Crippen LogP contribution in [0.15, 0.2) is 12.2 Å². The molecule has 0 aromatic carbocycles. The predicted octanol–water partition coefficient (Wildman–Crippen LogP) is 1.58. The highest BCUT2D eigenvalue weighted by atomic mass is 16.3. The summed E-state index contributed by atoms with van der Waals surface area (Å²) in [6.45, 7) is 5.52. The SMILES string of the molecule is CC#C/C=C/C(C)C(C)O. The van der Waals surface area contributed by atoms with Crippen LogP contribution in [0.3, 0.4) is 0 Å². The van der Waals surface area contributed by atoms with E-state index < -0.39 is 0 Å². The lowest BCUT2D eigenvalue weighted by Crippen LogP contribution is -2.09. The van der Waals surface area contributed by atoms with Crippen LogP contribution in [-0.2, 0) is 0 Å². The van der Waals surface area contributed by atoms with Crippen molar-refractivity contribution in [1.29, 1.82) is 0 Å². The van der Waals surface area contributed by atoms with Crippen LogP contribution in [0, 0.1) is 17.8 Å². The summed E-state index contributed by atoms with van der Waals surface area (Å²) in [6, 6.07) is 0. The number of allylic oxidation sites excluding steroid dienone is 1. The molecule has 0 fully saturated rings. The molecule has 2 atom stereocenters. The molecule has 0 saturated heterocycles. The van der Waals surface area contributed by atoms with Crippen molar-refractivity contribution in [2.24, 2.45) is 5.92 Å². The molecule has 0 spiro atoms. The molecule has 0 aliphatic heterocycles. The van der Waals surface area contributed by atoms with Crippen LogP contribution >= 0.6 is 0 Å². The number of hydrogen-bond donors (Lipinski definition) is 1. The molecule has 56 valence electrons. The Kier molecular flexibility index (Phi) is 4.70. The molecular weight excluding hydrogens is 124 g/mol. The Bertz CT molecular complexity index is 157. The van der Waals surface area contributed by atoms with Crippen LogP contribution < -0.4 is 0 Å². The van der Waals surface area contributed by atoms with E-state index in [-0.39, 0.29) is 12.0 Å². The zero-order chi connectivity index (χ0) is 7.98. The van der Waals surface area contributed by atoms with Crippen LogP contribution in [0.5, 0.6) is 0 Å². The Morgan fingerprint density at radius 1 is 1.40 bits per heavy atom. The zero-order valence-electron chi connectivity index (χ0n) is 6.76. The van der Waals surface area contributed by atoms with Crippen LogP contribution in [0.25, 0.3) is 0 Å². The number of aliphatic hydroxyl groups is 1. The second-order valence-electron chi connectivity index (χ2n) is 2.35. The summed E-state index contributed by atoms with van der Waals surface area (Å²) in [7, 11) is 0. The fraction of sp³-hybridized carbons (Fsp3) is 0.556. The minimum Gasteiger partial charge on any atom is -0.393 e. The predicted molar refractivity (Wildman–Crippen MR) is 43.4 cm³/mol. The van der Waals surface area contributed by atoms with Gasteiger partial charge in [-0.05, 0) is 19.9 Å². The molecule has 1 N–H and O–H groups in total. The molecule has 0 heterocycles. The van der Waals surface area contributed by atoms with Gasteiger partial charge in [-0.25, -0.2) is 0 Å². The van der Waals surface area contributed by atoms with Gasteiger partial charge < -0.3 is 5.11 Å². The van der Waals surface area contributed by atoms with E-state index in [1.807, 2.05) is 13.0 Å². The highest BCUT2D eigenvalue weighted by Gasteiger charge is 2.01. The lowest BCUT2D eigenvalue weighted by atomic mass is 10.1. The fourth-order valence-electron chi connectivity index (χ4n) is 0.444. The molecule has 2 unspecified atom stereocenters. The standard InChI is InChI=1S/C9H14O/c1-4-5-6-7-8(2)9(3)10/h6-10H,1-3H3/b7-6+. The monoisotopic (exact) mass is 138 g/mol. The molecule has 1 nitrogen and oxygen atoms in total. The summed E-state index contributed by atoms with van der Waals surface area (Å²) in [4.78, 5) is 0. The maximum Gasteiger partial charge on any atom is 0.0572 e. The largest absolute Gasteiger partial charge is 0.393 e. The molecule has 0 aliphatic carbocycles. The Hall–Kier alpha value is -0.740. The minimum atomic E-state index is -0.282. The number of hydrogen-bond acceptors (Lipinski definition) is 1. The topological polar surface area (TPSA) is 20.2 Å². The van der Waals surface area contributed by atoms with Gasteiger partial charge in [-0.1, -0.05) is 18.9 Å². The molecule has 0 bridgehead atoms. The summed E-state index contributed by atoms with van der Waals surface area (Å²) in [6.07, 6.45) is 3.40. The van der Waals surface area contributed by atoms with E-state index in [4.69, 9.17) is 5.11 Å². The van der Waals surface area contributed by atoms with Gasteiger partial charge >= 0.3 is 0 Å². The van der Waals surface area contributed by atoms with Crippen molar-refractivity contribution in [3.63, 3.8) is 0 Å². The first-order valence-electron chi connectivity index (χ1n) is 3.45. The molecule has 0 aromatic heterocycles. The summed E-state index contributed by atoms with van der Waals surface area (Å²) in [5.74, 6) is 5.73. The highest BCUT2D eigenvalue weighted by molar-refractivity contribution is 5.14. The molecular formula is C9H14O. The Morgan fingerprint density at radius 2 is 2.00 bits per heavy atom. The van der Waals surface area contributed by atoms with Crippen molar-refractivity contribution < 1.29 is 5.11 Å². The van der Waals surface area contributed by atoms with Crippen molar-refractivity contribution in [2.75, 3.05) is 0 Å². The van der Waals surface area contributed by atoms with Gasteiger partial charge in [0.2, 0.25) is 0 Å². The van der Waals surface area contributed by atoms with E-state index in [0.29, 0.717) is 0 Å².